The number of oxazole rings is 1. The highest BCUT2D eigenvalue weighted by Crippen LogP contribution is 2.40. The van der Waals surface area contributed by atoms with Gasteiger partial charge in [-0.3, -0.25) is 0 Å². The van der Waals surface area contributed by atoms with Gasteiger partial charge in [-0.25, -0.2) is 4.98 Å². The highest BCUT2D eigenvalue weighted by molar-refractivity contribution is 6.30. The molecule has 35 heavy (non-hydrogen) atoms. The minimum absolute atomic E-state index is 0.420. The van der Waals surface area contributed by atoms with Crippen LogP contribution in [0, 0.1) is 11.8 Å². The van der Waals surface area contributed by atoms with E-state index >= 15 is 0 Å². The Kier molecular flexibility index (Phi) is 8.53. The first kappa shape index (κ1) is 25.3. The predicted octanol–water partition coefficient (Wildman–Crippen LogP) is 7.06. The summed E-state index contributed by atoms with van der Waals surface area (Å²) in [6.07, 6.45) is 11.5. The normalized spacial score (nSPS) is 19.3. The van der Waals surface area contributed by atoms with Crippen molar-refractivity contribution in [2.24, 2.45) is 11.8 Å². The lowest BCUT2D eigenvalue weighted by molar-refractivity contribution is 0.159. The van der Waals surface area contributed by atoms with Gasteiger partial charge >= 0.3 is 0 Å². The molecule has 1 aliphatic carbocycles. The second kappa shape index (κ2) is 11.8. The minimum Gasteiger partial charge on any atom is -0.493 e. The van der Waals surface area contributed by atoms with Crippen molar-refractivity contribution in [3.8, 4) is 11.5 Å². The van der Waals surface area contributed by atoms with Crippen molar-refractivity contribution in [1.82, 2.24) is 9.88 Å². The van der Waals surface area contributed by atoms with Crippen molar-refractivity contribution in [1.29, 1.82) is 0 Å². The third-order valence-corrected chi connectivity index (χ3v) is 7.20. The first-order chi connectivity index (χ1) is 17.0. The molecule has 1 saturated carbocycles. The molecule has 1 heterocycles. The molecule has 1 unspecified atom stereocenters. The molecule has 1 fully saturated rings. The summed E-state index contributed by atoms with van der Waals surface area (Å²) < 4.78 is 16.4. The van der Waals surface area contributed by atoms with Gasteiger partial charge in [-0.05, 0) is 93.1 Å². The summed E-state index contributed by atoms with van der Waals surface area (Å²) in [4.78, 5) is 7.00. The summed E-state index contributed by atoms with van der Waals surface area (Å²) >= 11 is 6.11. The quantitative estimate of drug-likeness (QED) is 0.318. The number of benzene rings is 2. The molecule has 6 heteroatoms. The zero-order chi connectivity index (χ0) is 24.8. The maximum Gasteiger partial charge on any atom is 0.218 e. The van der Waals surface area contributed by atoms with Crippen LogP contribution in [-0.2, 0) is 6.42 Å². The number of hydrogen-bond acceptors (Lipinski definition) is 5. The number of rotatable bonds is 9. The average Bonchev–Trinajstić information content (AvgIpc) is 3.31. The Morgan fingerprint density at radius 3 is 2.40 bits per heavy atom. The summed E-state index contributed by atoms with van der Waals surface area (Å²) in [5.41, 5.74) is 3.35. The lowest BCUT2D eigenvalue weighted by atomic mass is 9.76. The maximum absolute atomic E-state index is 6.11. The Morgan fingerprint density at radius 1 is 1.03 bits per heavy atom. The van der Waals surface area contributed by atoms with E-state index in [9.17, 15) is 0 Å². The number of nitrogens with zero attached hydrogens (tertiary/aromatic N) is 2. The van der Waals surface area contributed by atoms with E-state index in [0.717, 1.165) is 27.8 Å². The van der Waals surface area contributed by atoms with Crippen LogP contribution in [0.4, 0.5) is 0 Å². The van der Waals surface area contributed by atoms with Gasteiger partial charge in [0.15, 0.2) is 11.5 Å². The van der Waals surface area contributed by atoms with E-state index in [1.54, 1.807) is 20.5 Å². The fourth-order valence-corrected chi connectivity index (χ4v) is 5.33. The molecule has 0 saturated heterocycles. The summed E-state index contributed by atoms with van der Waals surface area (Å²) in [7, 11) is 7.63. The predicted molar refractivity (Wildman–Crippen MR) is 141 cm³/mol. The molecule has 5 nitrogen and oxygen atoms in total. The Hall–Kier alpha value is -2.76. The molecule has 0 aliphatic heterocycles. The van der Waals surface area contributed by atoms with Gasteiger partial charge in [-0.15, -0.1) is 0 Å². The van der Waals surface area contributed by atoms with Gasteiger partial charge in [0.1, 0.15) is 6.26 Å². The van der Waals surface area contributed by atoms with Crippen molar-refractivity contribution in [3.05, 3.63) is 82.5 Å². The van der Waals surface area contributed by atoms with Gasteiger partial charge in [0, 0.05) is 17.5 Å². The van der Waals surface area contributed by atoms with Crippen LogP contribution in [0.5, 0.6) is 11.5 Å². The van der Waals surface area contributed by atoms with Crippen molar-refractivity contribution in [3.63, 3.8) is 0 Å². The van der Waals surface area contributed by atoms with E-state index in [2.05, 4.69) is 42.2 Å². The smallest absolute Gasteiger partial charge is 0.218 e. The van der Waals surface area contributed by atoms with Gasteiger partial charge in [0.25, 0.3) is 0 Å². The average molecular weight is 495 g/mol. The fraction of sp³-hybridized carbons (Fsp3) is 0.414. The molecule has 0 radical (unpaired) electrons. The molecule has 1 aromatic heterocycles. The van der Waals surface area contributed by atoms with Crippen molar-refractivity contribution >= 4 is 17.7 Å². The molecule has 4 rings (SSSR count). The topological polar surface area (TPSA) is 47.7 Å². The summed E-state index contributed by atoms with van der Waals surface area (Å²) in [6.45, 7) is 0. The zero-order valence-corrected chi connectivity index (χ0v) is 21.8. The highest BCUT2D eigenvalue weighted by atomic mass is 35.5. The molecule has 0 amide bonds. The summed E-state index contributed by atoms with van der Waals surface area (Å²) in [6, 6.07) is 14.7. The van der Waals surface area contributed by atoms with E-state index in [4.69, 9.17) is 25.5 Å². The van der Waals surface area contributed by atoms with Crippen molar-refractivity contribution in [2.45, 2.75) is 38.1 Å². The SMILES string of the molecule is COc1ccc(Cc2coc(C=CC3CCC(C(c4ccc(Cl)cc4)N(C)C)CC3)n2)cc1OC. The first-order valence-corrected chi connectivity index (χ1v) is 12.6. The van der Waals surface area contributed by atoms with Crippen LogP contribution in [0.25, 0.3) is 6.08 Å². The van der Waals surface area contributed by atoms with Crippen LogP contribution in [0.15, 0.2) is 59.2 Å². The largest absolute Gasteiger partial charge is 0.493 e. The maximum atomic E-state index is 6.11. The number of ether oxygens (including phenoxy) is 2. The lowest BCUT2D eigenvalue weighted by Crippen LogP contribution is -2.30. The minimum atomic E-state index is 0.420. The van der Waals surface area contributed by atoms with Crippen molar-refractivity contribution in [2.75, 3.05) is 28.3 Å². The molecule has 0 N–H and O–H groups in total. The monoisotopic (exact) mass is 494 g/mol. The molecular formula is C29H35ClN2O3. The van der Waals surface area contributed by atoms with Gasteiger partial charge in [-0.1, -0.05) is 35.9 Å². The molecule has 1 atom stereocenters. The summed E-state index contributed by atoms with van der Waals surface area (Å²) in [5.74, 6) is 3.30. The van der Waals surface area contributed by atoms with Crippen molar-refractivity contribution < 1.29 is 13.9 Å². The van der Waals surface area contributed by atoms with Gasteiger partial charge in [0.05, 0.1) is 19.9 Å². The molecule has 2 aromatic carbocycles. The Balaban J connectivity index is 1.33. The number of aromatic nitrogens is 1. The number of hydrogen-bond donors (Lipinski definition) is 0. The van der Waals surface area contributed by atoms with Gasteiger partial charge in [-0.2, -0.15) is 0 Å². The molecule has 186 valence electrons. The first-order valence-electron chi connectivity index (χ1n) is 12.2. The number of halogens is 1. The third-order valence-electron chi connectivity index (χ3n) is 6.94. The van der Waals surface area contributed by atoms with Crippen LogP contribution in [-0.4, -0.2) is 38.2 Å². The number of allylic oxidation sites excluding steroid dienone is 1. The van der Waals surface area contributed by atoms with E-state index in [0.29, 0.717) is 30.2 Å². The zero-order valence-electron chi connectivity index (χ0n) is 21.0. The van der Waals surface area contributed by atoms with Gasteiger partial charge < -0.3 is 18.8 Å². The van der Waals surface area contributed by atoms with E-state index in [1.165, 1.54) is 31.2 Å². The Bertz CT molecular complexity index is 1120. The van der Waals surface area contributed by atoms with Crippen LogP contribution in [0.2, 0.25) is 5.02 Å². The molecule has 3 aromatic rings. The Morgan fingerprint density at radius 2 is 1.74 bits per heavy atom. The van der Waals surface area contributed by atoms with Crippen LogP contribution in [0.1, 0.15) is 54.4 Å². The van der Waals surface area contributed by atoms with Crippen LogP contribution < -0.4 is 9.47 Å². The molecule has 0 spiro atoms. The Labute approximate surface area is 213 Å². The molecule has 1 aliphatic rings. The van der Waals surface area contributed by atoms with Crippen LogP contribution in [0.3, 0.4) is 0 Å². The fourth-order valence-electron chi connectivity index (χ4n) is 5.20. The second-order valence-electron chi connectivity index (χ2n) is 9.54. The van der Waals surface area contributed by atoms with E-state index < -0.39 is 0 Å². The molecular weight excluding hydrogens is 460 g/mol. The van der Waals surface area contributed by atoms with Gasteiger partial charge in [0.2, 0.25) is 5.89 Å². The molecule has 0 bridgehead atoms. The highest BCUT2D eigenvalue weighted by Gasteiger charge is 2.29. The third kappa shape index (κ3) is 6.47. The van der Waals surface area contributed by atoms with Crippen LogP contribution >= 0.6 is 11.6 Å². The van der Waals surface area contributed by atoms with E-state index in [1.807, 2.05) is 36.4 Å². The second-order valence-corrected chi connectivity index (χ2v) is 9.97. The van der Waals surface area contributed by atoms with E-state index in [-0.39, 0.29) is 0 Å². The lowest BCUT2D eigenvalue weighted by Gasteiger charge is -2.37. The number of methoxy groups -OCH3 is 2. The standard InChI is InChI=1S/C29H35ClN2O3/c1-32(2)29(23-11-13-24(30)14-12-23)22-9-5-20(6-10-22)8-16-28-31-25(19-35-28)17-21-7-15-26(33-3)27(18-21)34-4/h7-8,11-16,18-20,22,29H,5-6,9-10,17H2,1-4H3. The summed E-state index contributed by atoms with van der Waals surface area (Å²) in [5, 5.41) is 0.790.